The van der Waals surface area contributed by atoms with Gasteiger partial charge in [0.05, 0.1) is 0 Å². The second-order valence-electron chi connectivity index (χ2n) is 5.85. The van der Waals surface area contributed by atoms with Gasteiger partial charge in [-0.05, 0) is 44.5 Å². The summed E-state index contributed by atoms with van der Waals surface area (Å²) in [4.78, 5) is 2.22. The maximum absolute atomic E-state index is 5.82. The van der Waals surface area contributed by atoms with E-state index < -0.39 is 0 Å². The van der Waals surface area contributed by atoms with E-state index in [9.17, 15) is 0 Å². The van der Waals surface area contributed by atoms with E-state index in [1.165, 1.54) is 24.0 Å². The highest BCUT2D eigenvalue weighted by Gasteiger charge is 2.19. The number of nitrogens with one attached hydrogen (secondary N) is 1. The summed E-state index contributed by atoms with van der Waals surface area (Å²) in [5.41, 5.74) is 2.48. The van der Waals surface area contributed by atoms with Crippen LogP contribution in [-0.2, 0) is 6.54 Å². The van der Waals surface area contributed by atoms with E-state index in [4.69, 9.17) is 4.74 Å². The van der Waals surface area contributed by atoms with Crippen LogP contribution in [0.1, 0.15) is 25.3 Å². The Morgan fingerprint density at radius 3 is 2.95 bits per heavy atom. The molecule has 0 unspecified atom stereocenters. The van der Waals surface area contributed by atoms with Gasteiger partial charge in [-0.1, -0.05) is 24.3 Å². The van der Waals surface area contributed by atoms with Crippen LogP contribution in [0, 0.1) is 0 Å². The van der Waals surface area contributed by atoms with Gasteiger partial charge >= 0.3 is 0 Å². The molecule has 0 spiro atoms. The summed E-state index contributed by atoms with van der Waals surface area (Å²) < 4.78 is 5.82. The fourth-order valence-corrected chi connectivity index (χ4v) is 2.15. The van der Waals surface area contributed by atoms with Crippen molar-refractivity contribution in [3.63, 3.8) is 0 Å². The molecule has 1 aliphatic carbocycles. The minimum Gasteiger partial charge on any atom is -0.492 e. The highest BCUT2D eigenvalue weighted by atomic mass is 16.5. The average molecular weight is 274 g/mol. The van der Waals surface area contributed by atoms with Gasteiger partial charge in [0.1, 0.15) is 12.4 Å². The van der Waals surface area contributed by atoms with Gasteiger partial charge in [-0.15, -0.1) is 0 Å². The van der Waals surface area contributed by atoms with E-state index >= 15 is 0 Å². The third-order valence-electron chi connectivity index (χ3n) is 3.35. The van der Waals surface area contributed by atoms with Gasteiger partial charge in [-0.3, -0.25) is 4.90 Å². The highest BCUT2D eigenvalue weighted by molar-refractivity contribution is 5.28. The Morgan fingerprint density at radius 2 is 2.25 bits per heavy atom. The fraction of sp³-hybridized carbons (Fsp3) is 0.529. The minimum absolute atomic E-state index is 0.712. The number of hydrogen-bond donors (Lipinski definition) is 1. The van der Waals surface area contributed by atoms with Crippen LogP contribution in [0.4, 0.5) is 0 Å². The molecule has 0 atom stereocenters. The van der Waals surface area contributed by atoms with Crippen molar-refractivity contribution in [1.82, 2.24) is 10.2 Å². The maximum atomic E-state index is 5.82. The molecular weight excluding hydrogens is 248 g/mol. The van der Waals surface area contributed by atoms with Crippen LogP contribution in [0.3, 0.4) is 0 Å². The predicted molar refractivity (Wildman–Crippen MR) is 84.1 cm³/mol. The van der Waals surface area contributed by atoms with Crippen molar-refractivity contribution in [2.24, 2.45) is 0 Å². The Bertz CT molecular complexity index is 440. The lowest BCUT2D eigenvalue weighted by atomic mass is 10.2. The molecule has 0 aliphatic heterocycles. The first-order valence-electron chi connectivity index (χ1n) is 7.41. The first-order valence-corrected chi connectivity index (χ1v) is 7.41. The smallest absolute Gasteiger partial charge is 0.119 e. The second-order valence-corrected chi connectivity index (χ2v) is 5.85. The van der Waals surface area contributed by atoms with Gasteiger partial charge in [0.25, 0.3) is 0 Å². The van der Waals surface area contributed by atoms with Crippen LogP contribution in [-0.4, -0.2) is 37.7 Å². The summed E-state index contributed by atoms with van der Waals surface area (Å²) >= 11 is 0. The molecule has 0 heterocycles. The van der Waals surface area contributed by atoms with Gasteiger partial charge in [0, 0.05) is 25.7 Å². The lowest BCUT2D eigenvalue weighted by molar-refractivity contribution is 0.247. The monoisotopic (exact) mass is 274 g/mol. The predicted octanol–water partition coefficient (Wildman–Crippen LogP) is 2.83. The Morgan fingerprint density at radius 1 is 1.45 bits per heavy atom. The van der Waals surface area contributed by atoms with Gasteiger partial charge < -0.3 is 10.1 Å². The van der Waals surface area contributed by atoms with Crippen LogP contribution < -0.4 is 10.1 Å². The van der Waals surface area contributed by atoms with Crippen molar-refractivity contribution in [1.29, 1.82) is 0 Å². The summed E-state index contributed by atoms with van der Waals surface area (Å²) in [6.45, 7) is 9.47. The molecule has 1 fully saturated rings. The zero-order chi connectivity index (χ0) is 14.4. The first kappa shape index (κ1) is 15.1. The zero-order valence-corrected chi connectivity index (χ0v) is 12.7. The van der Waals surface area contributed by atoms with E-state index in [0.717, 1.165) is 31.4 Å². The van der Waals surface area contributed by atoms with E-state index in [0.29, 0.717) is 6.61 Å². The lowest BCUT2D eigenvalue weighted by Crippen LogP contribution is -2.25. The molecule has 110 valence electrons. The average Bonchev–Trinajstić information content (AvgIpc) is 3.20. The standard InChI is InChI=1S/C17H26N2O/c1-14(2)13-19(3)9-10-20-17-6-4-5-15(11-17)12-18-16-7-8-16/h4-6,11,16,18H,1,7-10,12-13H2,2-3H3. The molecule has 1 aliphatic rings. The molecule has 3 heteroatoms. The number of rotatable bonds is 9. The Balaban J connectivity index is 1.71. The first-order chi connectivity index (χ1) is 9.63. The molecule has 0 saturated heterocycles. The van der Waals surface area contributed by atoms with Crippen molar-refractivity contribution in [3.8, 4) is 5.75 Å². The Kier molecular flexibility index (Phi) is 5.62. The van der Waals surface area contributed by atoms with Gasteiger partial charge in [0.2, 0.25) is 0 Å². The highest BCUT2D eigenvalue weighted by Crippen LogP contribution is 2.20. The van der Waals surface area contributed by atoms with Gasteiger partial charge in [0.15, 0.2) is 0 Å². The molecule has 1 aromatic carbocycles. The molecule has 1 N–H and O–H groups in total. The lowest BCUT2D eigenvalue weighted by Gasteiger charge is -2.17. The van der Waals surface area contributed by atoms with Crippen molar-refractivity contribution in [2.45, 2.75) is 32.4 Å². The van der Waals surface area contributed by atoms with Crippen molar-refractivity contribution in [3.05, 3.63) is 42.0 Å². The van der Waals surface area contributed by atoms with Crippen molar-refractivity contribution >= 4 is 0 Å². The molecule has 1 aromatic rings. The number of benzene rings is 1. The Labute approximate surface area is 122 Å². The van der Waals surface area contributed by atoms with E-state index in [1.54, 1.807) is 0 Å². The van der Waals surface area contributed by atoms with E-state index in [1.807, 2.05) is 13.0 Å². The number of hydrogen-bond acceptors (Lipinski definition) is 3. The second kappa shape index (κ2) is 7.46. The minimum atomic E-state index is 0.712. The summed E-state index contributed by atoms with van der Waals surface area (Å²) in [5.74, 6) is 0.962. The third-order valence-corrected chi connectivity index (χ3v) is 3.35. The maximum Gasteiger partial charge on any atom is 0.119 e. The molecular formula is C17H26N2O. The Hall–Kier alpha value is -1.32. The number of nitrogens with zero attached hydrogens (tertiary/aromatic N) is 1. The third kappa shape index (κ3) is 5.76. The topological polar surface area (TPSA) is 24.5 Å². The summed E-state index contributed by atoms with van der Waals surface area (Å²) in [6, 6.07) is 9.12. The number of likely N-dealkylation sites (N-methyl/N-ethyl adjacent to an activating group) is 1. The molecule has 1 saturated carbocycles. The molecule has 20 heavy (non-hydrogen) atoms. The molecule has 0 bridgehead atoms. The van der Waals surface area contributed by atoms with Crippen LogP contribution in [0.2, 0.25) is 0 Å². The molecule has 3 nitrogen and oxygen atoms in total. The zero-order valence-electron chi connectivity index (χ0n) is 12.7. The van der Waals surface area contributed by atoms with Gasteiger partial charge in [-0.25, -0.2) is 0 Å². The van der Waals surface area contributed by atoms with Crippen LogP contribution in [0.15, 0.2) is 36.4 Å². The van der Waals surface area contributed by atoms with E-state index in [-0.39, 0.29) is 0 Å². The summed E-state index contributed by atoms with van der Waals surface area (Å²) in [7, 11) is 2.09. The van der Waals surface area contributed by atoms with Crippen LogP contribution in [0.25, 0.3) is 0 Å². The van der Waals surface area contributed by atoms with Crippen molar-refractivity contribution in [2.75, 3.05) is 26.7 Å². The quantitative estimate of drug-likeness (QED) is 0.701. The van der Waals surface area contributed by atoms with Crippen LogP contribution in [0.5, 0.6) is 5.75 Å². The molecule has 0 radical (unpaired) electrons. The summed E-state index contributed by atoms with van der Waals surface area (Å²) in [6.07, 6.45) is 2.65. The molecule has 2 rings (SSSR count). The normalized spacial score (nSPS) is 14.6. The largest absolute Gasteiger partial charge is 0.492 e. The SMILES string of the molecule is C=C(C)CN(C)CCOc1cccc(CNC2CC2)c1. The molecule has 0 amide bonds. The summed E-state index contributed by atoms with van der Waals surface area (Å²) in [5, 5.41) is 3.52. The van der Waals surface area contributed by atoms with Gasteiger partial charge in [-0.2, -0.15) is 0 Å². The van der Waals surface area contributed by atoms with Crippen molar-refractivity contribution < 1.29 is 4.74 Å². The van der Waals surface area contributed by atoms with E-state index in [2.05, 4.69) is 42.0 Å². The number of ether oxygens (including phenoxy) is 1. The molecule has 0 aromatic heterocycles. The van der Waals surface area contributed by atoms with Crippen LogP contribution >= 0.6 is 0 Å². The fourth-order valence-electron chi connectivity index (χ4n) is 2.15.